The fourth-order valence-electron chi connectivity index (χ4n) is 1.57. The first-order valence-corrected chi connectivity index (χ1v) is 5.46. The second-order valence-electron chi connectivity index (χ2n) is 3.90. The van der Waals surface area contributed by atoms with Crippen LogP contribution in [-0.4, -0.2) is 16.2 Å². The van der Waals surface area contributed by atoms with Gasteiger partial charge in [-0.3, -0.25) is 0 Å². The Morgan fingerprint density at radius 1 is 1.35 bits per heavy atom. The van der Waals surface area contributed by atoms with Crippen LogP contribution >= 0.6 is 0 Å². The van der Waals surface area contributed by atoms with Gasteiger partial charge in [0.2, 0.25) is 0 Å². The molecule has 106 valence electrons. The Morgan fingerprint density at radius 2 is 2.10 bits per heavy atom. The average Bonchev–Trinajstić information content (AvgIpc) is 2.88. The van der Waals surface area contributed by atoms with E-state index in [1.165, 1.54) is 6.20 Å². The monoisotopic (exact) mass is 286 g/mol. The molecule has 2 aromatic rings. The second kappa shape index (κ2) is 5.24. The van der Waals surface area contributed by atoms with Gasteiger partial charge in [0.1, 0.15) is 0 Å². The second-order valence-corrected chi connectivity index (χ2v) is 3.90. The van der Waals surface area contributed by atoms with Gasteiger partial charge in [0.05, 0.1) is 23.9 Å². The Hall–Kier alpha value is -2.51. The number of aromatic carboxylic acids is 1. The molecule has 0 bridgehead atoms. The molecule has 2 N–H and O–H groups in total. The van der Waals surface area contributed by atoms with Gasteiger partial charge < -0.3 is 14.9 Å². The van der Waals surface area contributed by atoms with Crippen LogP contribution in [0.1, 0.15) is 21.7 Å². The number of carbonyl (C=O) groups is 1. The molecule has 1 heterocycles. The lowest BCUT2D eigenvalue weighted by Gasteiger charge is -2.12. The van der Waals surface area contributed by atoms with Crippen LogP contribution < -0.4 is 5.32 Å². The molecule has 0 aliphatic heterocycles. The van der Waals surface area contributed by atoms with Crippen LogP contribution in [0.15, 0.2) is 35.0 Å². The standard InChI is InChI=1S/C12H9F3N2O3/c13-12(14,15)7-1-2-10(9(5-7)11(18)19)16-6-8-3-4-17-20-8/h1-5,16H,6H2,(H,18,19). The van der Waals surface area contributed by atoms with Crippen molar-refractivity contribution in [3.05, 3.63) is 47.3 Å². The molecule has 0 spiro atoms. The first kappa shape index (κ1) is 13.9. The lowest BCUT2D eigenvalue weighted by Crippen LogP contribution is -2.10. The summed E-state index contributed by atoms with van der Waals surface area (Å²) in [5.74, 6) is -1.02. The first-order valence-electron chi connectivity index (χ1n) is 5.46. The smallest absolute Gasteiger partial charge is 0.416 e. The zero-order chi connectivity index (χ0) is 14.8. The number of carboxylic acids is 1. The Morgan fingerprint density at radius 3 is 2.65 bits per heavy atom. The van der Waals surface area contributed by atoms with Crippen molar-refractivity contribution in [1.29, 1.82) is 0 Å². The Labute approximate surface area is 111 Å². The van der Waals surface area contributed by atoms with Gasteiger partial charge >= 0.3 is 12.1 Å². The number of anilines is 1. The molecule has 0 saturated carbocycles. The number of hydrogen-bond acceptors (Lipinski definition) is 4. The topological polar surface area (TPSA) is 75.4 Å². The molecular weight excluding hydrogens is 277 g/mol. The number of carboxylic acid groups (broad SMARTS) is 1. The summed E-state index contributed by atoms with van der Waals surface area (Å²) in [5, 5.41) is 15.1. The van der Waals surface area contributed by atoms with Crippen molar-refractivity contribution in [2.75, 3.05) is 5.32 Å². The molecular formula is C12H9F3N2O3. The molecule has 20 heavy (non-hydrogen) atoms. The zero-order valence-corrected chi connectivity index (χ0v) is 9.94. The largest absolute Gasteiger partial charge is 0.478 e. The summed E-state index contributed by atoms with van der Waals surface area (Å²) in [6.45, 7) is 0.117. The minimum Gasteiger partial charge on any atom is -0.478 e. The fourth-order valence-corrected chi connectivity index (χ4v) is 1.57. The summed E-state index contributed by atoms with van der Waals surface area (Å²) in [5.41, 5.74) is -1.40. The van der Waals surface area contributed by atoms with Crippen molar-refractivity contribution < 1.29 is 27.6 Å². The van der Waals surface area contributed by atoms with Crippen molar-refractivity contribution in [2.45, 2.75) is 12.7 Å². The van der Waals surface area contributed by atoms with Crippen LogP contribution in [0.2, 0.25) is 0 Å². The van der Waals surface area contributed by atoms with Crippen LogP contribution in [0.3, 0.4) is 0 Å². The van der Waals surface area contributed by atoms with E-state index in [4.69, 9.17) is 9.63 Å². The molecule has 8 heteroatoms. The number of nitrogens with zero attached hydrogens (tertiary/aromatic N) is 1. The van der Waals surface area contributed by atoms with Crippen LogP contribution in [0, 0.1) is 0 Å². The number of aromatic nitrogens is 1. The summed E-state index contributed by atoms with van der Waals surface area (Å²) in [4.78, 5) is 11.0. The van der Waals surface area contributed by atoms with Gasteiger partial charge in [-0.15, -0.1) is 0 Å². The zero-order valence-electron chi connectivity index (χ0n) is 9.94. The molecule has 5 nitrogen and oxygen atoms in total. The highest BCUT2D eigenvalue weighted by atomic mass is 19.4. The van der Waals surface area contributed by atoms with Gasteiger partial charge in [-0.2, -0.15) is 13.2 Å². The van der Waals surface area contributed by atoms with Gasteiger partial charge in [-0.05, 0) is 18.2 Å². The SMILES string of the molecule is O=C(O)c1cc(C(F)(F)F)ccc1NCc1ccno1. The van der Waals surface area contributed by atoms with E-state index in [0.717, 1.165) is 12.1 Å². The molecule has 0 amide bonds. The van der Waals surface area contributed by atoms with E-state index in [-0.39, 0.29) is 12.2 Å². The van der Waals surface area contributed by atoms with Crippen molar-refractivity contribution in [1.82, 2.24) is 5.16 Å². The third kappa shape index (κ3) is 3.08. The minimum absolute atomic E-state index is 0.0712. The Kier molecular flexibility index (Phi) is 3.64. The molecule has 1 aromatic carbocycles. The number of rotatable bonds is 4. The number of nitrogens with one attached hydrogen (secondary N) is 1. The lowest BCUT2D eigenvalue weighted by molar-refractivity contribution is -0.137. The van der Waals surface area contributed by atoms with Gasteiger partial charge in [-0.25, -0.2) is 4.79 Å². The summed E-state index contributed by atoms with van der Waals surface area (Å²) in [6.07, 6.45) is -3.18. The van der Waals surface area contributed by atoms with E-state index in [0.29, 0.717) is 11.8 Å². The van der Waals surface area contributed by atoms with Gasteiger partial charge in [0.25, 0.3) is 0 Å². The fraction of sp³-hybridized carbons (Fsp3) is 0.167. The molecule has 1 aromatic heterocycles. The predicted molar refractivity (Wildman–Crippen MR) is 62.2 cm³/mol. The number of halogens is 3. The number of benzene rings is 1. The normalized spacial score (nSPS) is 11.3. The van der Waals surface area contributed by atoms with E-state index < -0.39 is 23.3 Å². The molecule has 0 fully saturated rings. The van der Waals surface area contributed by atoms with Crippen molar-refractivity contribution in [2.24, 2.45) is 0 Å². The summed E-state index contributed by atoms with van der Waals surface area (Å²) >= 11 is 0. The maximum Gasteiger partial charge on any atom is 0.416 e. The average molecular weight is 286 g/mol. The molecule has 0 unspecified atom stereocenters. The van der Waals surface area contributed by atoms with Crippen molar-refractivity contribution in [3.63, 3.8) is 0 Å². The van der Waals surface area contributed by atoms with Crippen LogP contribution in [0.5, 0.6) is 0 Å². The van der Waals surface area contributed by atoms with Crippen LogP contribution in [0.25, 0.3) is 0 Å². The molecule has 0 aliphatic carbocycles. The predicted octanol–water partition coefficient (Wildman–Crippen LogP) is 3.00. The van der Waals surface area contributed by atoms with Gasteiger partial charge in [0, 0.05) is 11.8 Å². The van der Waals surface area contributed by atoms with Crippen LogP contribution in [-0.2, 0) is 12.7 Å². The van der Waals surface area contributed by atoms with Gasteiger partial charge in [0.15, 0.2) is 5.76 Å². The Bertz CT molecular complexity index is 609. The van der Waals surface area contributed by atoms with Crippen molar-refractivity contribution >= 4 is 11.7 Å². The maximum absolute atomic E-state index is 12.5. The summed E-state index contributed by atoms with van der Waals surface area (Å²) in [6, 6.07) is 4.03. The number of hydrogen-bond donors (Lipinski definition) is 2. The van der Waals surface area contributed by atoms with E-state index >= 15 is 0 Å². The van der Waals surface area contributed by atoms with Gasteiger partial charge in [-0.1, -0.05) is 5.16 Å². The summed E-state index contributed by atoms with van der Waals surface area (Å²) in [7, 11) is 0. The molecule has 2 rings (SSSR count). The van der Waals surface area contributed by atoms with Crippen LogP contribution in [0.4, 0.5) is 18.9 Å². The first-order chi connectivity index (χ1) is 9.38. The van der Waals surface area contributed by atoms with E-state index in [9.17, 15) is 18.0 Å². The van der Waals surface area contributed by atoms with Crippen molar-refractivity contribution in [3.8, 4) is 0 Å². The number of alkyl halides is 3. The highest BCUT2D eigenvalue weighted by Crippen LogP contribution is 2.32. The lowest BCUT2D eigenvalue weighted by atomic mass is 10.1. The van der Waals surface area contributed by atoms with E-state index in [1.807, 2.05) is 0 Å². The maximum atomic E-state index is 12.5. The third-order valence-electron chi connectivity index (χ3n) is 2.52. The Balaban J connectivity index is 2.26. The highest BCUT2D eigenvalue weighted by Gasteiger charge is 2.31. The van der Waals surface area contributed by atoms with E-state index in [1.54, 1.807) is 6.07 Å². The van der Waals surface area contributed by atoms with E-state index in [2.05, 4.69) is 10.5 Å². The third-order valence-corrected chi connectivity index (χ3v) is 2.52. The quantitative estimate of drug-likeness (QED) is 0.903. The highest BCUT2D eigenvalue weighted by molar-refractivity contribution is 5.94. The minimum atomic E-state index is -4.59. The molecule has 0 saturated heterocycles. The molecule has 0 atom stereocenters. The molecule has 0 aliphatic rings. The summed E-state index contributed by atoms with van der Waals surface area (Å²) < 4.78 is 42.4. The molecule has 0 radical (unpaired) electrons.